The van der Waals surface area contributed by atoms with Crippen LogP contribution in [0, 0.1) is 5.41 Å². The van der Waals surface area contributed by atoms with Crippen LogP contribution in [0.25, 0.3) is 0 Å². The number of carbonyl (C=O) groups excluding carboxylic acids is 1. The summed E-state index contributed by atoms with van der Waals surface area (Å²) >= 11 is 0. The van der Waals surface area contributed by atoms with Crippen LogP contribution in [0.15, 0.2) is 16.5 Å². The Morgan fingerprint density at radius 3 is 2.61 bits per heavy atom. The lowest BCUT2D eigenvalue weighted by Gasteiger charge is -2.30. The molecule has 1 N–H and O–H groups in total. The fourth-order valence-electron chi connectivity index (χ4n) is 1.84. The summed E-state index contributed by atoms with van der Waals surface area (Å²) in [5.74, 6) is 0.584. The molecule has 1 aromatic heterocycles. The van der Waals surface area contributed by atoms with Gasteiger partial charge in [-0.25, -0.2) is 4.79 Å². The van der Waals surface area contributed by atoms with Gasteiger partial charge >= 0.3 is 5.97 Å². The van der Waals surface area contributed by atoms with Crippen LogP contribution in [-0.4, -0.2) is 19.6 Å². The van der Waals surface area contributed by atoms with Gasteiger partial charge in [0, 0.05) is 0 Å². The quantitative estimate of drug-likeness (QED) is 0.819. The number of carbonyl (C=O) groups is 1. The van der Waals surface area contributed by atoms with E-state index in [2.05, 4.69) is 37.7 Å². The van der Waals surface area contributed by atoms with Gasteiger partial charge in [0.05, 0.1) is 13.2 Å². The molecule has 0 aliphatic carbocycles. The van der Waals surface area contributed by atoms with E-state index >= 15 is 0 Å². The fraction of sp³-hybridized carbons (Fsp3) is 0.643. The Bertz CT molecular complexity index is 390. The largest absolute Gasteiger partial charge is 0.463 e. The summed E-state index contributed by atoms with van der Waals surface area (Å²) in [7, 11) is 1.35. The second-order valence-electron chi connectivity index (χ2n) is 5.45. The smallest absolute Gasteiger partial charge is 0.373 e. The number of ether oxygens (including phenoxy) is 1. The summed E-state index contributed by atoms with van der Waals surface area (Å²) in [6, 6.07) is 3.58. The van der Waals surface area contributed by atoms with E-state index in [1.165, 1.54) is 7.11 Å². The molecule has 0 saturated heterocycles. The minimum Gasteiger partial charge on any atom is -0.463 e. The van der Waals surface area contributed by atoms with Crippen molar-refractivity contribution in [2.75, 3.05) is 13.7 Å². The molecule has 0 aliphatic rings. The van der Waals surface area contributed by atoms with Crippen molar-refractivity contribution in [3.63, 3.8) is 0 Å². The molecule has 0 saturated carbocycles. The van der Waals surface area contributed by atoms with Gasteiger partial charge in [-0.3, -0.25) is 0 Å². The molecule has 0 aliphatic heterocycles. The van der Waals surface area contributed by atoms with Gasteiger partial charge in [-0.05, 0) is 30.5 Å². The molecule has 1 unspecified atom stereocenters. The van der Waals surface area contributed by atoms with Crippen molar-refractivity contribution in [3.8, 4) is 0 Å². The lowest BCUT2D eigenvalue weighted by atomic mass is 9.85. The monoisotopic (exact) mass is 253 g/mol. The van der Waals surface area contributed by atoms with E-state index in [1.807, 2.05) is 6.07 Å². The highest BCUT2D eigenvalue weighted by Crippen LogP contribution is 2.33. The molecule has 0 fully saturated rings. The fourth-order valence-corrected chi connectivity index (χ4v) is 1.84. The number of hydrogen-bond acceptors (Lipinski definition) is 4. The number of methoxy groups -OCH3 is 1. The summed E-state index contributed by atoms with van der Waals surface area (Å²) in [5.41, 5.74) is 0.0143. The highest BCUT2D eigenvalue weighted by Gasteiger charge is 2.29. The van der Waals surface area contributed by atoms with Gasteiger partial charge in [-0.2, -0.15) is 0 Å². The van der Waals surface area contributed by atoms with E-state index in [9.17, 15) is 4.79 Å². The minimum absolute atomic E-state index is 0.0143. The van der Waals surface area contributed by atoms with Gasteiger partial charge < -0.3 is 14.5 Å². The number of furan rings is 1. The van der Waals surface area contributed by atoms with E-state index in [4.69, 9.17) is 4.42 Å². The second kappa shape index (κ2) is 6.05. The molecule has 18 heavy (non-hydrogen) atoms. The van der Waals surface area contributed by atoms with Crippen LogP contribution >= 0.6 is 0 Å². The van der Waals surface area contributed by atoms with Crippen molar-refractivity contribution in [1.29, 1.82) is 0 Å². The molecule has 0 amide bonds. The molecule has 0 aromatic carbocycles. The molecule has 102 valence electrons. The first-order chi connectivity index (χ1) is 8.40. The molecule has 4 heteroatoms. The van der Waals surface area contributed by atoms with Crippen LogP contribution in [0.5, 0.6) is 0 Å². The van der Waals surface area contributed by atoms with Crippen LogP contribution in [0.1, 0.15) is 56.5 Å². The lowest BCUT2D eigenvalue weighted by Crippen LogP contribution is -2.32. The van der Waals surface area contributed by atoms with E-state index in [-0.39, 0.29) is 17.2 Å². The minimum atomic E-state index is -0.440. The van der Waals surface area contributed by atoms with Crippen molar-refractivity contribution in [3.05, 3.63) is 23.7 Å². The average molecular weight is 253 g/mol. The Labute approximate surface area is 109 Å². The first-order valence-corrected chi connectivity index (χ1v) is 6.31. The van der Waals surface area contributed by atoms with Gasteiger partial charge in [-0.1, -0.05) is 27.7 Å². The third-order valence-corrected chi connectivity index (χ3v) is 2.76. The van der Waals surface area contributed by atoms with Crippen LogP contribution in [0.3, 0.4) is 0 Å². The standard InChI is InChI=1S/C14H23NO3/c1-6-9-15-12(14(2,3)4)10-7-8-11(18-10)13(16)17-5/h7-8,12,15H,6,9H2,1-5H3. The SMILES string of the molecule is CCCNC(c1ccc(C(=O)OC)o1)C(C)(C)C. The van der Waals surface area contributed by atoms with Crippen molar-refractivity contribution in [2.45, 2.75) is 40.2 Å². The second-order valence-corrected chi connectivity index (χ2v) is 5.45. The van der Waals surface area contributed by atoms with E-state index in [0.29, 0.717) is 0 Å². The summed E-state index contributed by atoms with van der Waals surface area (Å²) in [6.07, 6.45) is 1.05. The molecule has 1 rings (SSSR count). The normalized spacial score (nSPS) is 13.4. The van der Waals surface area contributed by atoms with Gasteiger partial charge in [0.15, 0.2) is 0 Å². The Morgan fingerprint density at radius 1 is 1.44 bits per heavy atom. The molecule has 1 aromatic rings. The third-order valence-electron chi connectivity index (χ3n) is 2.76. The van der Waals surface area contributed by atoms with Gasteiger partial charge in [0.1, 0.15) is 5.76 Å². The number of hydrogen-bond donors (Lipinski definition) is 1. The predicted molar refractivity (Wildman–Crippen MR) is 70.5 cm³/mol. The van der Waals surface area contributed by atoms with Gasteiger partial charge in [0.2, 0.25) is 5.76 Å². The van der Waals surface area contributed by atoms with Gasteiger partial charge in [0.25, 0.3) is 0 Å². The zero-order valence-corrected chi connectivity index (χ0v) is 11.9. The maximum atomic E-state index is 11.4. The molecule has 0 bridgehead atoms. The highest BCUT2D eigenvalue weighted by molar-refractivity contribution is 5.86. The number of esters is 1. The van der Waals surface area contributed by atoms with Crippen LogP contribution in [-0.2, 0) is 4.74 Å². The molecule has 1 atom stereocenters. The summed E-state index contributed by atoms with van der Waals surface area (Å²) in [4.78, 5) is 11.4. The van der Waals surface area contributed by atoms with Crippen LogP contribution < -0.4 is 5.32 Å². The van der Waals surface area contributed by atoms with Crippen LogP contribution in [0.4, 0.5) is 0 Å². The third kappa shape index (κ3) is 3.60. The van der Waals surface area contributed by atoms with E-state index in [0.717, 1.165) is 18.7 Å². The summed E-state index contributed by atoms with van der Waals surface area (Å²) < 4.78 is 10.2. The van der Waals surface area contributed by atoms with Crippen molar-refractivity contribution in [2.24, 2.45) is 5.41 Å². The Hall–Kier alpha value is -1.29. The zero-order valence-electron chi connectivity index (χ0n) is 11.9. The molecule has 0 radical (unpaired) electrons. The molecule has 1 heterocycles. The Morgan fingerprint density at radius 2 is 2.11 bits per heavy atom. The van der Waals surface area contributed by atoms with Gasteiger partial charge in [-0.15, -0.1) is 0 Å². The predicted octanol–water partition coefficient (Wildman–Crippen LogP) is 3.15. The molecule has 0 spiro atoms. The average Bonchev–Trinajstić information content (AvgIpc) is 2.76. The van der Waals surface area contributed by atoms with Crippen molar-refractivity contribution < 1.29 is 13.9 Å². The molecule has 4 nitrogen and oxygen atoms in total. The van der Waals surface area contributed by atoms with Crippen molar-refractivity contribution >= 4 is 5.97 Å². The first-order valence-electron chi connectivity index (χ1n) is 6.31. The number of nitrogens with one attached hydrogen (secondary N) is 1. The van der Waals surface area contributed by atoms with Crippen molar-refractivity contribution in [1.82, 2.24) is 5.32 Å². The topological polar surface area (TPSA) is 51.5 Å². The first kappa shape index (κ1) is 14.8. The Balaban J connectivity index is 2.92. The number of rotatable bonds is 5. The lowest BCUT2D eigenvalue weighted by molar-refractivity contribution is 0.0559. The van der Waals surface area contributed by atoms with E-state index < -0.39 is 5.97 Å². The maximum Gasteiger partial charge on any atom is 0.373 e. The van der Waals surface area contributed by atoms with E-state index in [1.54, 1.807) is 6.07 Å². The zero-order chi connectivity index (χ0) is 13.8. The van der Waals surface area contributed by atoms with Crippen LogP contribution in [0.2, 0.25) is 0 Å². The summed E-state index contributed by atoms with van der Waals surface area (Å²) in [6.45, 7) is 9.45. The highest BCUT2D eigenvalue weighted by atomic mass is 16.5. The molecular formula is C14H23NO3. The maximum absolute atomic E-state index is 11.4. The molecular weight excluding hydrogens is 230 g/mol. The summed E-state index contributed by atoms with van der Waals surface area (Å²) in [5, 5.41) is 3.45. The Kier molecular flexibility index (Phi) is 4.96.